The van der Waals surface area contributed by atoms with Crippen LogP contribution in [0.1, 0.15) is 34.9 Å². The van der Waals surface area contributed by atoms with E-state index in [-0.39, 0.29) is 17.4 Å². The van der Waals surface area contributed by atoms with E-state index in [0.29, 0.717) is 11.3 Å². The van der Waals surface area contributed by atoms with Crippen LogP contribution in [0.25, 0.3) is 5.65 Å². The molecule has 1 spiro atoms. The van der Waals surface area contributed by atoms with Gasteiger partial charge in [0, 0.05) is 37.4 Å². The number of imidazole rings is 1. The van der Waals surface area contributed by atoms with Crippen LogP contribution in [0.2, 0.25) is 0 Å². The maximum Gasteiger partial charge on any atom is 0.273 e. The molecule has 0 N–H and O–H groups in total. The number of carbonyl (C=O) groups is 1. The molecule has 1 aromatic carbocycles. The van der Waals surface area contributed by atoms with Crippen molar-refractivity contribution in [3.63, 3.8) is 0 Å². The molecule has 2 saturated heterocycles. The second kappa shape index (κ2) is 6.63. The van der Waals surface area contributed by atoms with E-state index >= 15 is 0 Å². The van der Waals surface area contributed by atoms with Crippen molar-refractivity contribution in [2.45, 2.75) is 18.9 Å². The van der Waals surface area contributed by atoms with Gasteiger partial charge in [0.1, 0.15) is 17.1 Å². The average molecular weight is 377 g/mol. The predicted molar refractivity (Wildman–Crippen MR) is 104 cm³/mol. The quantitative estimate of drug-likeness (QED) is 0.703. The van der Waals surface area contributed by atoms with Crippen LogP contribution < -0.4 is 4.74 Å². The van der Waals surface area contributed by atoms with Crippen molar-refractivity contribution < 1.29 is 14.3 Å². The van der Waals surface area contributed by atoms with Gasteiger partial charge in [-0.1, -0.05) is 30.3 Å². The topological polar surface area (TPSA) is 56.1 Å². The zero-order valence-electron chi connectivity index (χ0n) is 15.9. The lowest BCUT2D eigenvalue weighted by molar-refractivity contribution is -0.115. The first-order chi connectivity index (χ1) is 13.7. The molecule has 5 rings (SSSR count). The second-order valence-electron chi connectivity index (χ2n) is 7.66. The minimum absolute atomic E-state index is 0.0173. The van der Waals surface area contributed by atoms with Gasteiger partial charge < -0.3 is 14.4 Å². The lowest BCUT2D eigenvalue weighted by Gasteiger charge is -2.59. The number of nitrogens with zero attached hydrogens (tertiary/aromatic N) is 3. The van der Waals surface area contributed by atoms with E-state index in [1.807, 2.05) is 45.8 Å². The summed E-state index contributed by atoms with van der Waals surface area (Å²) in [6.45, 7) is 2.29. The lowest BCUT2D eigenvalue weighted by atomic mass is 9.64. The van der Waals surface area contributed by atoms with Gasteiger partial charge in [0.15, 0.2) is 0 Å². The summed E-state index contributed by atoms with van der Waals surface area (Å²) in [5, 5.41) is 0. The van der Waals surface area contributed by atoms with Crippen LogP contribution in [0.4, 0.5) is 0 Å². The number of hydrogen-bond donors (Lipinski definition) is 0. The highest BCUT2D eigenvalue weighted by atomic mass is 16.5. The fourth-order valence-corrected chi connectivity index (χ4v) is 4.70. The number of benzene rings is 1. The van der Waals surface area contributed by atoms with Crippen LogP contribution >= 0.6 is 0 Å². The summed E-state index contributed by atoms with van der Waals surface area (Å²) in [5.74, 6) is 0.744. The maximum atomic E-state index is 13.5. The molecule has 6 nitrogen and oxygen atoms in total. The van der Waals surface area contributed by atoms with Crippen molar-refractivity contribution in [2.75, 3.05) is 26.9 Å². The van der Waals surface area contributed by atoms with Gasteiger partial charge in [0.25, 0.3) is 5.91 Å². The summed E-state index contributed by atoms with van der Waals surface area (Å²) in [4.78, 5) is 19.9. The van der Waals surface area contributed by atoms with Crippen molar-refractivity contribution in [2.24, 2.45) is 5.41 Å². The molecule has 1 amide bonds. The Kier molecular flexibility index (Phi) is 4.09. The van der Waals surface area contributed by atoms with Crippen molar-refractivity contribution in [1.82, 2.24) is 14.3 Å². The average Bonchev–Trinajstić information content (AvgIpc) is 3.16. The first-order valence-electron chi connectivity index (χ1n) is 9.67. The van der Waals surface area contributed by atoms with Crippen molar-refractivity contribution in [1.29, 1.82) is 0 Å². The fourth-order valence-electron chi connectivity index (χ4n) is 4.70. The zero-order valence-corrected chi connectivity index (χ0v) is 15.9. The number of fused-ring (bicyclic) bond motifs is 1. The Labute approximate surface area is 163 Å². The monoisotopic (exact) mass is 377 g/mol. The number of carbonyl (C=O) groups excluding carboxylic acids is 1. The first kappa shape index (κ1) is 17.3. The second-order valence-corrected chi connectivity index (χ2v) is 7.66. The zero-order chi connectivity index (χ0) is 19.1. The molecule has 2 fully saturated rings. The maximum absolute atomic E-state index is 13.5. The van der Waals surface area contributed by atoms with Gasteiger partial charge in [-0.05, 0) is 24.5 Å². The minimum Gasteiger partial charge on any atom is -0.497 e. The van der Waals surface area contributed by atoms with Gasteiger partial charge in [-0.25, -0.2) is 4.98 Å². The van der Waals surface area contributed by atoms with Crippen LogP contribution in [0, 0.1) is 5.41 Å². The van der Waals surface area contributed by atoms with E-state index in [4.69, 9.17) is 9.47 Å². The molecule has 4 heterocycles. The third-order valence-electron chi connectivity index (χ3n) is 6.18. The fraction of sp³-hybridized carbons (Fsp3) is 0.364. The molecular weight excluding hydrogens is 354 g/mol. The van der Waals surface area contributed by atoms with Gasteiger partial charge in [-0.3, -0.25) is 9.20 Å². The van der Waals surface area contributed by atoms with E-state index in [9.17, 15) is 4.79 Å². The van der Waals surface area contributed by atoms with E-state index in [0.717, 1.165) is 38.3 Å². The first-order valence-corrected chi connectivity index (χ1v) is 9.67. The summed E-state index contributed by atoms with van der Waals surface area (Å²) in [5.41, 5.74) is 2.60. The molecule has 1 atom stereocenters. The molecule has 0 bridgehead atoms. The summed E-state index contributed by atoms with van der Waals surface area (Å²) in [6, 6.07) is 14.1. The van der Waals surface area contributed by atoms with E-state index in [1.54, 1.807) is 13.3 Å². The van der Waals surface area contributed by atoms with Crippen LogP contribution in [-0.4, -0.2) is 47.1 Å². The molecule has 2 aliphatic rings. The van der Waals surface area contributed by atoms with Crippen LogP contribution in [0.3, 0.4) is 0 Å². The largest absolute Gasteiger partial charge is 0.497 e. The summed E-state index contributed by atoms with van der Waals surface area (Å²) in [7, 11) is 1.62. The molecule has 0 saturated carbocycles. The van der Waals surface area contributed by atoms with Crippen LogP contribution in [0.5, 0.6) is 5.75 Å². The minimum atomic E-state index is 0.0173. The number of rotatable bonds is 3. The Bertz CT molecular complexity index is 1010. The smallest absolute Gasteiger partial charge is 0.273 e. The van der Waals surface area contributed by atoms with Gasteiger partial charge in [0.05, 0.1) is 19.3 Å². The third-order valence-corrected chi connectivity index (χ3v) is 6.18. The highest BCUT2D eigenvalue weighted by Gasteiger charge is 2.55. The highest BCUT2D eigenvalue weighted by molar-refractivity contribution is 5.94. The number of methoxy groups -OCH3 is 1. The SMILES string of the molecule is COc1ccn2c(C(=O)N3CC4(CCOCC4)[C@@H]3c3ccccc3)cnc2c1. The number of ether oxygens (including phenoxy) is 2. The molecule has 3 aromatic rings. The van der Waals surface area contributed by atoms with Crippen LogP contribution in [-0.2, 0) is 4.74 Å². The molecule has 0 unspecified atom stereocenters. The van der Waals surface area contributed by atoms with Gasteiger partial charge in [-0.2, -0.15) is 0 Å². The molecular formula is C22H23N3O3. The molecule has 0 aliphatic carbocycles. The molecule has 6 heteroatoms. The third kappa shape index (κ3) is 2.59. The van der Waals surface area contributed by atoms with Gasteiger partial charge in [-0.15, -0.1) is 0 Å². The standard InChI is InChI=1S/C22H23N3O3/c1-27-17-7-10-24-18(14-23-19(24)13-17)21(26)25-15-22(8-11-28-12-9-22)20(25)16-5-3-2-4-6-16/h2-7,10,13-14,20H,8-9,11-12,15H2,1H3/t20-/m0/s1. The summed E-state index contributed by atoms with van der Waals surface area (Å²) in [6.07, 6.45) is 5.48. The van der Waals surface area contributed by atoms with Crippen LogP contribution in [0.15, 0.2) is 54.9 Å². The number of pyridine rings is 1. The Morgan fingerprint density at radius 2 is 2.00 bits per heavy atom. The summed E-state index contributed by atoms with van der Waals surface area (Å²) < 4.78 is 12.7. The molecule has 2 aromatic heterocycles. The highest BCUT2D eigenvalue weighted by Crippen LogP contribution is 2.55. The van der Waals surface area contributed by atoms with Gasteiger partial charge in [0.2, 0.25) is 0 Å². The number of aromatic nitrogens is 2. The van der Waals surface area contributed by atoms with Crippen molar-refractivity contribution in [3.8, 4) is 5.75 Å². The number of amides is 1. The molecule has 0 radical (unpaired) electrons. The normalized spacial score (nSPS) is 20.9. The van der Waals surface area contributed by atoms with E-state index in [2.05, 4.69) is 17.1 Å². The Hall–Kier alpha value is -2.86. The molecule has 144 valence electrons. The van der Waals surface area contributed by atoms with E-state index in [1.165, 1.54) is 5.56 Å². The van der Waals surface area contributed by atoms with Crippen molar-refractivity contribution in [3.05, 3.63) is 66.1 Å². The van der Waals surface area contributed by atoms with Crippen molar-refractivity contribution >= 4 is 11.6 Å². The predicted octanol–water partition coefficient (Wildman–Crippen LogP) is 3.34. The van der Waals surface area contributed by atoms with Gasteiger partial charge >= 0.3 is 0 Å². The molecule has 2 aliphatic heterocycles. The summed E-state index contributed by atoms with van der Waals surface area (Å²) >= 11 is 0. The Balaban J connectivity index is 1.50. The Morgan fingerprint density at radius 3 is 2.75 bits per heavy atom. The number of hydrogen-bond acceptors (Lipinski definition) is 4. The molecule has 28 heavy (non-hydrogen) atoms. The number of likely N-dealkylation sites (tertiary alicyclic amines) is 1. The lowest BCUT2D eigenvalue weighted by Crippen LogP contribution is -2.62. The Morgan fingerprint density at radius 1 is 1.21 bits per heavy atom. The van der Waals surface area contributed by atoms with E-state index < -0.39 is 0 Å².